The third kappa shape index (κ3) is 4.18. The van der Waals surface area contributed by atoms with Gasteiger partial charge in [0.25, 0.3) is 5.69 Å². The van der Waals surface area contributed by atoms with Crippen molar-refractivity contribution in [3.8, 4) is 0 Å². The number of fused-ring (bicyclic) bond motifs is 3. The zero-order valence-electron chi connectivity index (χ0n) is 17.1. The van der Waals surface area contributed by atoms with Gasteiger partial charge in [-0.3, -0.25) is 10.1 Å². The molecular formula is C24H18Cl3FN2O2S. The van der Waals surface area contributed by atoms with Gasteiger partial charge in [-0.15, -0.1) is 23.4 Å². The zero-order chi connectivity index (χ0) is 23.3. The maximum absolute atomic E-state index is 13.6. The van der Waals surface area contributed by atoms with Gasteiger partial charge in [-0.1, -0.05) is 47.5 Å². The topological polar surface area (TPSA) is 55.2 Å². The van der Waals surface area contributed by atoms with Gasteiger partial charge in [0.05, 0.1) is 31.9 Å². The van der Waals surface area contributed by atoms with E-state index in [2.05, 4.69) is 5.32 Å². The van der Waals surface area contributed by atoms with Crippen LogP contribution in [0.2, 0.25) is 10.0 Å². The van der Waals surface area contributed by atoms with Crippen LogP contribution in [0.1, 0.15) is 29.5 Å². The Hall–Kier alpha value is -1.99. The van der Waals surface area contributed by atoms with E-state index < -0.39 is 0 Å². The number of hydrogen-bond acceptors (Lipinski definition) is 4. The number of nitro benzene ring substituents is 1. The molecule has 0 aromatic heterocycles. The first-order valence-electron chi connectivity index (χ1n) is 10.4. The van der Waals surface area contributed by atoms with Crippen LogP contribution in [0.4, 0.5) is 15.8 Å². The first-order chi connectivity index (χ1) is 15.8. The Morgan fingerprint density at radius 3 is 2.55 bits per heavy atom. The van der Waals surface area contributed by atoms with Crippen LogP contribution < -0.4 is 5.32 Å². The van der Waals surface area contributed by atoms with Crippen molar-refractivity contribution < 1.29 is 9.31 Å². The Bertz CT molecular complexity index is 1230. The number of nitrogens with one attached hydrogen (secondary N) is 1. The van der Waals surface area contributed by atoms with Gasteiger partial charge in [-0.25, -0.2) is 4.39 Å². The number of alkyl halides is 1. The fourth-order valence-corrected chi connectivity index (χ4v) is 7.52. The first-order valence-corrected chi connectivity index (χ1v) is 12.5. The summed E-state index contributed by atoms with van der Waals surface area (Å²) in [6, 6.07) is 16.6. The van der Waals surface area contributed by atoms with E-state index in [1.165, 1.54) is 30.0 Å². The minimum atomic E-state index is -0.370. The van der Waals surface area contributed by atoms with Crippen LogP contribution in [-0.4, -0.2) is 15.6 Å². The van der Waals surface area contributed by atoms with Crippen molar-refractivity contribution in [3.05, 3.63) is 97.8 Å². The summed E-state index contributed by atoms with van der Waals surface area (Å²) < 4.78 is 13.6. The van der Waals surface area contributed by atoms with Crippen LogP contribution in [-0.2, 0) is 0 Å². The van der Waals surface area contributed by atoms with E-state index in [0.717, 1.165) is 16.8 Å². The number of nitrogens with zero attached hydrogens (tertiary/aromatic N) is 1. The van der Waals surface area contributed by atoms with Crippen molar-refractivity contribution in [1.29, 1.82) is 0 Å². The van der Waals surface area contributed by atoms with Gasteiger partial charge in [-0.05, 0) is 53.8 Å². The maximum Gasteiger partial charge on any atom is 0.282 e. The molecule has 33 heavy (non-hydrogen) atoms. The van der Waals surface area contributed by atoms with Gasteiger partial charge in [0, 0.05) is 22.3 Å². The SMILES string of the molecule is O=[N+]([O-])c1ccccc1S[C@@H]1C[C@@H]2[C@H](c3cc(Cl)cc(Cl)c3N[C@H]2c2ccc(F)cc2)[C@@H]1Cl. The van der Waals surface area contributed by atoms with E-state index in [1.54, 1.807) is 36.4 Å². The second kappa shape index (κ2) is 8.99. The molecule has 5 atom stereocenters. The lowest BCUT2D eigenvalue weighted by Gasteiger charge is -2.39. The molecule has 1 fully saturated rings. The third-order valence-electron chi connectivity index (χ3n) is 6.41. The van der Waals surface area contributed by atoms with E-state index in [0.29, 0.717) is 21.4 Å². The normalized spacial score (nSPS) is 25.8. The Balaban J connectivity index is 1.56. The molecule has 0 radical (unpaired) electrons. The van der Waals surface area contributed by atoms with Gasteiger partial charge >= 0.3 is 0 Å². The molecule has 0 bridgehead atoms. The van der Waals surface area contributed by atoms with Crippen LogP contribution in [0.3, 0.4) is 0 Å². The van der Waals surface area contributed by atoms with E-state index in [9.17, 15) is 14.5 Å². The molecule has 1 aliphatic carbocycles. The average Bonchev–Trinajstić information content (AvgIpc) is 3.10. The lowest BCUT2D eigenvalue weighted by molar-refractivity contribution is -0.387. The molecule has 2 aliphatic rings. The highest BCUT2D eigenvalue weighted by molar-refractivity contribution is 8.00. The highest BCUT2D eigenvalue weighted by Crippen LogP contribution is 2.59. The van der Waals surface area contributed by atoms with Crippen LogP contribution >= 0.6 is 46.6 Å². The largest absolute Gasteiger partial charge is 0.376 e. The molecule has 3 aromatic carbocycles. The van der Waals surface area contributed by atoms with Crippen LogP contribution in [0.15, 0.2) is 65.6 Å². The molecular weight excluding hydrogens is 506 g/mol. The van der Waals surface area contributed by atoms with Gasteiger partial charge in [0.1, 0.15) is 5.82 Å². The smallest absolute Gasteiger partial charge is 0.282 e. The number of nitro groups is 1. The predicted molar refractivity (Wildman–Crippen MR) is 132 cm³/mol. The molecule has 0 saturated heterocycles. The number of benzene rings is 3. The summed E-state index contributed by atoms with van der Waals surface area (Å²) in [5.74, 6) is -0.308. The second-order valence-electron chi connectivity index (χ2n) is 8.28. The summed E-state index contributed by atoms with van der Waals surface area (Å²) in [7, 11) is 0. The first kappa shape index (κ1) is 22.8. The average molecular weight is 524 g/mol. The van der Waals surface area contributed by atoms with Crippen molar-refractivity contribution >= 4 is 57.9 Å². The fourth-order valence-electron chi connectivity index (χ4n) is 5.01. The van der Waals surface area contributed by atoms with Crippen molar-refractivity contribution in [2.75, 3.05) is 5.32 Å². The highest BCUT2D eigenvalue weighted by atomic mass is 35.5. The maximum atomic E-state index is 13.6. The number of hydrogen-bond donors (Lipinski definition) is 1. The molecule has 1 aliphatic heterocycles. The Morgan fingerprint density at radius 1 is 1.09 bits per heavy atom. The molecule has 0 amide bonds. The monoisotopic (exact) mass is 522 g/mol. The fraction of sp³-hybridized carbons (Fsp3) is 0.250. The molecule has 1 saturated carbocycles. The molecule has 170 valence electrons. The number of anilines is 1. The Kier molecular flexibility index (Phi) is 6.21. The van der Waals surface area contributed by atoms with Crippen molar-refractivity contribution in [1.82, 2.24) is 0 Å². The third-order valence-corrected chi connectivity index (χ3v) is 9.03. The van der Waals surface area contributed by atoms with E-state index in [4.69, 9.17) is 34.8 Å². The number of thioether (sulfide) groups is 1. The van der Waals surface area contributed by atoms with Crippen molar-refractivity contribution in [3.63, 3.8) is 0 Å². The zero-order valence-corrected chi connectivity index (χ0v) is 20.1. The summed E-state index contributed by atoms with van der Waals surface area (Å²) in [4.78, 5) is 11.7. The lowest BCUT2D eigenvalue weighted by atomic mass is 9.77. The van der Waals surface area contributed by atoms with Crippen molar-refractivity contribution in [2.45, 2.75) is 33.9 Å². The summed E-state index contributed by atoms with van der Waals surface area (Å²) in [6.07, 6.45) is 0.716. The molecule has 5 rings (SSSR count). The van der Waals surface area contributed by atoms with Gasteiger partial charge in [-0.2, -0.15) is 0 Å². The van der Waals surface area contributed by atoms with E-state index >= 15 is 0 Å². The van der Waals surface area contributed by atoms with Gasteiger partial charge < -0.3 is 5.32 Å². The molecule has 0 spiro atoms. The minimum absolute atomic E-state index is 0.0697. The summed E-state index contributed by atoms with van der Waals surface area (Å²) in [5.41, 5.74) is 2.73. The molecule has 1 N–H and O–H groups in total. The van der Waals surface area contributed by atoms with Crippen LogP contribution in [0.5, 0.6) is 0 Å². The highest BCUT2D eigenvalue weighted by Gasteiger charge is 2.50. The summed E-state index contributed by atoms with van der Waals surface area (Å²) in [5, 5.41) is 15.7. The Morgan fingerprint density at radius 2 is 1.82 bits per heavy atom. The predicted octanol–water partition coefficient (Wildman–Crippen LogP) is 8.08. The van der Waals surface area contributed by atoms with E-state index in [-0.39, 0.29) is 44.9 Å². The Labute approximate surface area is 209 Å². The quantitative estimate of drug-likeness (QED) is 0.213. The number of rotatable bonds is 4. The molecule has 4 nitrogen and oxygen atoms in total. The lowest BCUT2D eigenvalue weighted by Crippen LogP contribution is -2.31. The van der Waals surface area contributed by atoms with Gasteiger partial charge in [0.15, 0.2) is 0 Å². The minimum Gasteiger partial charge on any atom is -0.376 e. The second-order valence-corrected chi connectivity index (χ2v) is 10.9. The van der Waals surface area contributed by atoms with Crippen LogP contribution in [0.25, 0.3) is 0 Å². The van der Waals surface area contributed by atoms with Crippen LogP contribution in [0, 0.1) is 21.8 Å². The molecule has 3 aromatic rings. The van der Waals surface area contributed by atoms with Gasteiger partial charge in [0.2, 0.25) is 0 Å². The molecule has 9 heteroatoms. The standard InChI is InChI=1S/C24H18Cl3FN2O2S/c25-13-9-15-21-16(11-20(22(21)27)33-19-4-2-1-3-18(19)30(31)32)23(29-24(15)17(26)10-13)12-5-7-14(28)8-6-12/h1-10,16,20-23,29H,11H2/t16-,20-,21+,22-,23+/m1/s1. The van der Waals surface area contributed by atoms with Crippen molar-refractivity contribution in [2.24, 2.45) is 5.92 Å². The summed E-state index contributed by atoms with van der Waals surface area (Å²) >= 11 is 21.4. The number of para-hydroxylation sites is 1. The summed E-state index contributed by atoms with van der Waals surface area (Å²) in [6.45, 7) is 0. The van der Waals surface area contributed by atoms with E-state index in [1.807, 2.05) is 6.07 Å². The molecule has 1 heterocycles. The molecule has 0 unspecified atom stereocenters. The number of halogens is 4.